The number of benzene rings is 2. The Balaban J connectivity index is 1.61. The highest BCUT2D eigenvalue weighted by molar-refractivity contribution is 5.92. The number of anilines is 2. The molecule has 2 aromatic carbocycles. The number of methoxy groups -OCH3 is 1. The van der Waals surface area contributed by atoms with Crippen molar-refractivity contribution in [3.63, 3.8) is 0 Å². The van der Waals surface area contributed by atoms with Crippen LogP contribution in [0.25, 0.3) is 0 Å². The molecule has 7 heteroatoms. The Morgan fingerprint density at radius 1 is 0.964 bits per heavy atom. The predicted octanol–water partition coefficient (Wildman–Crippen LogP) is 3.10. The van der Waals surface area contributed by atoms with Gasteiger partial charge in [0.25, 0.3) is 5.91 Å². The van der Waals surface area contributed by atoms with Crippen LogP contribution in [0.5, 0.6) is 11.5 Å². The van der Waals surface area contributed by atoms with Gasteiger partial charge >= 0.3 is 5.97 Å². The Kier molecular flexibility index (Phi) is 8.14. The van der Waals surface area contributed by atoms with E-state index in [9.17, 15) is 9.59 Å². The van der Waals surface area contributed by atoms with Crippen molar-refractivity contribution in [3.05, 3.63) is 48.5 Å². The van der Waals surface area contributed by atoms with Crippen LogP contribution >= 0.6 is 0 Å². The summed E-state index contributed by atoms with van der Waals surface area (Å²) in [6.45, 7) is 0.0689. The lowest BCUT2D eigenvalue weighted by Gasteiger charge is -2.13. The van der Waals surface area contributed by atoms with Crippen molar-refractivity contribution in [1.29, 1.82) is 0 Å². The molecular formula is C21H26N2O5. The second kappa shape index (κ2) is 10.8. The van der Waals surface area contributed by atoms with E-state index in [1.165, 1.54) is 0 Å². The quantitative estimate of drug-likeness (QED) is 0.499. The maximum Gasteiger partial charge on any atom is 0.306 e. The van der Waals surface area contributed by atoms with Gasteiger partial charge in [0, 0.05) is 31.9 Å². The number of carbonyl (C=O) groups excluding carboxylic acids is 2. The monoisotopic (exact) mass is 386 g/mol. The summed E-state index contributed by atoms with van der Waals surface area (Å²) in [5.41, 5.74) is 1.68. The largest absolute Gasteiger partial charge is 0.497 e. The summed E-state index contributed by atoms with van der Waals surface area (Å²) in [7, 11) is 5.48. The Labute approximate surface area is 165 Å². The van der Waals surface area contributed by atoms with Crippen LogP contribution in [0.1, 0.15) is 12.8 Å². The third kappa shape index (κ3) is 7.19. The van der Waals surface area contributed by atoms with Crippen LogP contribution < -0.4 is 19.7 Å². The lowest BCUT2D eigenvalue weighted by Crippen LogP contribution is -2.21. The van der Waals surface area contributed by atoms with Crippen molar-refractivity contribution in [2.24, 2.45) is 0 Å². The van der Waals surface area contributed by atoms with E-state index in [1.807, 2.05) is 31.1 Å². The highest BCUT2D eigenvalue weighted by atomic mass is 16.5. The van der Waals surface area contributed by atoms with Gasteiger partial charge in [-0.15, -0.1) is 0 Å². The summed E-state index contributed by atoms with van der Waals surface area (Å²) in [5.74, 6) is 0.647. The van der Waals surface area contributed by atoms with Crippen molar-refractivity contribution in [2.75, 3.05) is 44.6 Å². The molecule has 1 amide bonds. The number of carbonyl (C=O) groups is 2. The molecule has 0 unspecified atom stereocenters. The molecule has 2 rings (SSSR count). The molecule has 0 radical (unpaired) electrons. The minimum absolute atomic E-state index is 0.182. The molecule has 0 bridgehead atoms. The molecule has 0 saturated carbocycles. The minimum Gasteiger partial charge on any atom is -0.497 e. The number of esters is 1. The van der Waals surface area contributed by atoms with E-state index in [0.717, 1.165) is 11.4 Å². The zero-order valence-corrected chi connectivity index (χ0v) is 16.4. The number of rotatable bonds is 10. The number of ether oxygens (including phenoxy) is 3. The smallest absolute Gasteiger partial charge is 0.306 e. The summed E-state index contributed by atoms with van der Waals surface area (Å²) in [6.07, 6.45) is 0.680. The van der Waals surface area contributed by atoms with Gasteiger partial charge in [-0.3, -0.25) is 9.59 Å². The van der Waals surface area contributed by atoms with Gasteiger partial charge in [0.15, 0.2) is 6.61 Å². The van der Waals surface area contributed by atoms with Crippen molar-refractivity contribution in [1.82, 2.24) is 0 Å². The molecule has 0 fully saturated rings. The van der Waals surface area contributed by atoms with Crippen molar-refractivity contribution in [2.45, 2.75) is 12.8 Å². The summed E-state index contributed by atoms with van der Waals surface area (Å²) >= 11 is 0. The highest BCUT2D eigenvalue weighted by Crippen LogP contribution is 2.17. The number of hydrogen-bond donors (Lipinski definition) is 1. The third-order valence-corrected chi connectivity index (χ3v) is 3.89. The molecule has 0 aliphatic carbocycles. The maximum absolute atomic E-state index is 11.9. The zero-order chi connectivity index (χ0) is 20.4. The summed E-state index contributed by atoms with van der Waals surface area (Å²) in [5, 5.41) is 2.69. The standard InChI is InChI=1S/C21H26N2O5/c1-23(2)17-8-6-16(7-9-17)22-20(24)15-28-21(25)5-4-14-27-19-12-10-18(26-3)11-13-19/h6-13H,4-5,14-15H2,1-3H3,(H,22,24). The van der Waals surface area contributed by atoms with Crippen molar-refractivity contribution >= 4 is 23.3 Å². The second-order valence-electron chi connectivity index (χ2n) is 6.28. The fourth-order valence-electron chi connectivity index (χ4n) is 2.34. The summed E-state index contributed by atoms with van der Waals surface area (Å²) in [4.78, 5) is 25.6. The average Bonchev–Trinajstić information content (AvgIpc) is 2.70. The molecule has 1 N–H and O–H groups in total. The van der Waals surface area contributed by atoms with Crippen LogP contribution in [0, 0.1) is 0 Å². The topological polar surface area (TPSA) is 77.1 Å². The van der Waals surface area contributed by atoms with Gasteiger partial charge in [-0.05, 0) is 55.0 Å². The highest BCUT2D eigenvalue weighted by Gasteiger charge is 2.08. The summed E-state index contributed by atoms with van der Waals surface area (Å²) < 4.78 is 15.6. The molecular weight excluding hydrogens is 360 g/mol. The molecule has 0 spiro atoms. The Bertz CT molecular complexity index is 757. The second-order valence-corrected chi connectivity index (χ2v) is 6.28. The Morgan fingerprint density at radius 2 is 1.61 bits per heavy atom. The molecule has 0 aromatic heterocycles. The molecule has 150 valence electrons. The van der Waals surface area contributed by atoms with Crippen molar-refractivity contribution < 1.29 is 23.8 Å². The van der Waals surface area contributed by atoms with Gasteiger partial charge in [-0.25, -0.2) is 0 Å². The van der Waals surface area contributed by atoms with Gasteiger partial charge < -0.3 is 24.4 Å². The van der Waals surface area contributed by atoms with E-state index in [0.29, 0.717) is 24.5 Å². The van der Waals surface area contributed by atoms with E-state index in [4.69, 9.17) is 14.2 Å². The molecule has 0 aliphatic rings. The van der Waals surface area contributed by atoms with Gasteiger partial charge in [0.1, 0.15) is 11.5 Å². The molecule has 2 aromatic rings. The lowest BCUT2D eigenvalue weighted by molar-refractivity contribution is -0.147. The van der Waals surface area contributed by atoms with Gasteiger partial charge in [0.2, 0.25) is 0 Å². The van der Waals surface area contributed by atoms with Gasteiger partial charge in [-0.2, -0.15) is 0 Å². The molecule has 28 heavy (non-hydrogen) atoms. The first kappa shape index (κ1) is 21.1. The minimum atomic E-state index is -0.434. The number of nitrogens with zero attached hydrogens (tertiary/aromatic N) is 1. The lowest BCUT2D eigenvalue weighted by atomic mass is 10.2. The van der Waals surface area contributed by atoms with Gasteiger partial charge in [-0.1, -0.05) is 0 Å². The van der Waals surface area contributed by atoms with Crippen LogP contribution in [0.3, 0.4) is 0 Å². The fourth-order valence-corrected chi connectivity index (χ4v) is 2.34. The number of amides is 1. The van der Waals surface area contributed by atoms with Crippen LogP contribution in [-0.2, 0) is 14.3 Å². The maximum atomic E-state index is 11.9. The Hall–Kier alpha value is -3.22. The van der Waals surface area contributed by atoms with Crippen LogP contribution in [-0.4, -0.2) is 46.3 Å². The van der Waals surface area contributed by atoms with Crippen LogP contribution in [0.15, 0.2) is 48.5 Å². The fraction of sp³-hybridized carbons (Fsp3) is 0.333. The SMILES string of the molecule is COc1ccc(OCCCC(=O)OCC(=O)Nc2ccc(N(C)C)cc2)cc1. The predicted molar refractivity (Wildman–Crippen MR) is 108 cm³/mol. The first-order chi connectivity index (χ1) is 13.5. The number of nitrogens with one attached hydrogen (secondary N) is 1. The van der Waals surface area contributed by atoms with Crippen LogP contribution in [0.2, 0.25) is 0 Å². The molecule has 0 heterocycles. The molecule has 0 saturated heterocycles. The average molecular weight is 386 g/mol. The van der Waals surface area contributed by atoms with E-state index in [-0.39, 0.29) is 18.9 Å². The molecule has 0 atom stereocenters. The molecule has 0 aliphatic heterocycles. The number of hydrogen-bond acceptors (Lipinski definition) is 6. The Morgan fingerprint density at radius 3 is 2.21 bits per heavy atom. The van der Waals surface area contributed by atoms with E-state index < -0.39 is 5.97 Å². The van der Waals surface area contributed by atoms with Crippen LogP contribution in [0.4, 0.5) is 11.4 Å². The summed E-state index contributed by atoms with van der Waals surface area (Å²) in [6, 6.07) is 14.6. The third-order valence-electron chi connectivity index (χ3n) is 3.89. The van der Waals surface area contributed by atoms with E-state index in [2.05, 4.69) is 5.32 Å². The zero-order valence-electron chi connectivity index (χ0n) is 16.4. The first-order valence-corrected chi connectivity index (χ1v) is 8.97. The first-order valence-electron chi connectivity index (χ1n) is 8.97. The normalized spacial score (nSPS) is 10.1. The van der Waals surface area contributed by atoms with E-state index >= 15 is 0 Å². The van der Waals surface area contributed by atoms with E-state index in [1.54, 1.807) is 43.5 Å². The van der Waals surface area contributed by atoms with Gasteiger partial charge in [0.05, 0.1) is 13.7 Å². The molecule has 7 nitrogen and oxygen atoms in total. The van der Waals surface area contributed by atoms with Crippen molar-refractivity contribution in [3.8, 4) is 11.5 Å².